The second kappa shape index (κ2) is 18.5. The second-order valence-electron chi connectivity index (χ2n) is 18.7. The molecule has 4 N–H and O–H groups in total. The summed E-state index contributed by atoms with van der Waals surface area (Å²) in [4.78, 5) is 80.5. The van der Waals surface area contributed by atoms with Gasteiger partial charge >= 0.3 is 5.91 Å². The number of thioether (sulfide) groups is 2. The van der Waals surface area contributed by atoms with Gasteiger partial charge in [0.05, 0.1) is 56.5 Å². The van der Waals surface area contributed by atoms with Crippen LogP contribution in [0, 0.1) is 0 Å². The van der Waals surface area contributed by atoms with Gasteiger partial charge < -0.3 is 21.3 Å². The molecule has 6 aliphatic heterocycles. The lowest BCUT2D eigenvalue weighted by molar-refractivity contribution is -0.638. The molecule has 16 heteroatoms. The Morgan fingerprint density at radius 3 is 1.53 bits per heavy atom. The predicted molar refractivity (Wildman–Crippen MR) is 295 cm³/mol. The van der Waals surface area contributed by atoms with E-state index in [0.717, 1.165) is 107 Å². The molecular formula is C59H49N8O6S2+. The van der Waals surface area contributed by atoms with Gasteiger partial charge in [-0.2, -0.15) is 0 Å². The number of carbonyl (C=O) groups is 6. The average Bonchev–Trinajstić information content (AvgIpc) is 4.41. The number of rotatable bonds is 14. The van der Waals surface area contributed by atoms with Crippen molar-refractivity contribution >= 4 is 108 Å². The van der Waals surface area contributed by atoms with E-state index in [1.807, 2.05) is 111 Å². The Kier molecular flexibility index (Phi) is 11.7. The molecule has 4 amide bonds. The lowest BCUT2D eigenvalue weighted by Crippen LogP contribution is -2.74. The Morgan fingerprint density at radius 2 is 0.987 bits per heavy atom. The Hall–Kier alpha value is -8.47. The summed E-state index contributed by atoms with van der Waals surface area (Å²) in [5, 5.41) is 14.1. The van der Waals surface area contributed by atoms with Crippen molar-refractivity contribution in [2.45, 2.75) is 52.5 Å². The van der Waals surface area contributed by atoms with Crippen molar-refractivity contribution in [3.63, 3.8) is 0 Å². The van der Waals surface area contributed by atoms with E-state index in [9.17, 15) is 28.8 Å². The van der Waals surface area contributed by atoms with Gasteiger partial charge in [-0.25, -0.2) is 9.13 Å². The van der Waals surface area contributed by atoms with Crippen molar-refractivity contribution in [2.75, 3.05) is 32.8 Å². The highest BCUT2D eigenvalue weighted by Gasteiger charge is 2.69. The van der Waals surface area contributed by atoms with Crippen LogP contribution in [0.1, 0.15) is 74.2 Å². The fraction of sp³-hybridized carbons (Fsp3) is 0.169. The van der Waals surface area contributed by atoms with Gasteiger partial charge in [-0.3, -0.25) is 33.7 Å². The average molecular weight is 1030 g/mol. The molecule has 4 aromatic carbocycles. The Labute approximate surface area is 440 Å². The molecule has 6 aliphatic rings. The van der Waals surface area contributed by atoms with Crippen LogP contribution in [0.15, 0.2) is 157 Å². The number of hydrogen-bond acceptors (Lipinski definition) is 9. The summed E-state index contributed by atoms with van der Waals surface area (Å²) in [6.45, 7) is 6.54. The number of aromatic nitrogens is 2. The van der Waals surface area contributed by atoms with Crippen LogP contribution < -0.4 is 32.0 Å². The molecule has 14 nitrogen and oxygen atoms in total. The maximum atomic E-state index is 13.7. The van der Waals surface area contributed by atoms with E-state index in [2.05, 4.69) is 88.4 Å². The molecule has 0 aliphatic carbocycles. The topological polar surface area (TPSA) is 167 Å². The quantitative estimate of drug-likeness (QED) is 0.0798. The number of anilines is 4. The summed E-state index contributed by atoms with van der Waals surface area (Å²) in [5.41, 5.74) is 13.4. The minimum Gasteiger partial charge on any atom is -0.326 e. The fourth-order valence-electron chi connectivity index (χ4n) is 11.5. The number of hydrogen-bond donors (Lipinski definition) is 4. The summed E-state index contributed by atoms with van der Waals surface area (Å²) in [5.74, 6) is -2.21. The lowest BCUT2D eigenvalue weighted by Gasteiger charge is -2.53. The van der Waals surface area contributed by atoms with E-state index >= 15 is 0 Å². The lowest BCUT2D eigenvalue weighted by atomic mass is 9.89. The molecular weight excluding hydrogens is 981 g/mol. The summed E-state index contributed by atoms with van der Waals surface area (Å²) in [6.07, 6.45) is 9.22. The zero-order chi connectivity index (χ0) is 51.9. The summed E-state index contributed by atoms with van der Waals surface area (Å²) in [6, 6.07) is 39.3. The first-order valence-electron chi connectivity index (χ1n) is 24.8. The summed E-state index contributed by atoms with van der Waals surface area (Å²) < 4.78 is 7.16. The minimum absolute atomic E-state index is 0.0491. The van der Waals surface area contributed by atoms with Gasteiger partial charge in [0.15, 0.2) is 10.2 Å². The van der Waals surface area contributed by atoms with Gasteiger partial charge in [0, 0.05) is 95.0 Å². The van der Waals surface area contributed by atoms with Crippen molar-refractivity contribution < 1.29 is 33.3 Å². The van der Waals surface area contributed by atoms with Crippen LogP contribution in [-0.4, -0.2) is 75.7 Å². The van der Waals surface area contributed by atoms with Crippen LogP contribution in [0.25, 0.3) is 22.3 Å². The summed E-state index contributed by atoms with van der Waals surface area (Å²) in [7, 11) is 0. The van der Waals surface area contributed by atoms with E-state index in [1.165, 1.54) is 13.8 Å². The van der Waals surface area contributed by atoms with Crippen molar-refractivity contribution in [2.24, 2.45) is 0 Å². The highest BCUT2D eigenvalue weighted by atomic mass is 32.2. The van der Waals surface area contributed by atoms with Crippen molar-refractivity contribution in [3.05, 3.63) is 201 Å². The van der Waals surface area contributed by atoms with E-state index in [1.54, 1.807) is 0 Å². The van der Waals surface area contributed by atoms with Crippen LogP contribution in [0.4, 0.5) is 22.7 Å². The van der Waals surface area contributed by atoms with Gasteiger partial charge in [0.1, 0.15) is 0 Å². The normalized spacial score (nSPS) is 17.8. The third-order valence-electron chi connectivity index (χ3n) is 14.3. The molecule has 1 spiro atoms. The van der Waals surface area contributed by atoms with Crippen molar-refractivity contribution in [1.82, 2.24) is 14.0 Å². The minimum atomic E-state index is -1.23. The molecule has 0 radical (unpaired) electrons. The number of carbonyl (C=O) groups excluding carboxylic acids is 6. The van der Waals surface area contributed by atoms with Crippen LogP contribution in [0.5, 0.6) is 0 Å². The number of allylic oxidation sites excluding steroid dienone is 3. The zero-order valence-corrected chi connectivity index (χ0v) is 43.0. The molecule has 12 rings (SSSR count). The van der Waals surface area contributed by atoms with E-state index < -0.39 is 12.0 Å². The van der Waals surface area contributed by atoms with Gasteiger partial charge in [-0.15, -0.1) is 4.58 Å². The first-order valence-corrected chi connectivity index (χ1v) is 26.8. The molecule has 0 fully saturated rings. The number of para-hydroxylation sites is 4. The summed E-state index contributed by atoms with van der Waals surface area (Å²) >= 11 is 1.90. The first kappa shape index (κ1) is 47.5. The van der Waals surface area contributed by atoms with Gasteiger partial charge in [0.2, 0.25) is 35.0 Å². The van der Waals surface area contributed by atoms with Gasteiger partial charge in [0.25, 0.3) is 0 Å². The van der Waals surface area contributed by atoms with Crippen LogP contribution in [0.3, 0.4) is 0 Å². The molecule has 1 unspecified atom stereocenters. The van der Waals surface area contributed by atoms with Crippen LogP contribution in [0.2, 0.25) is 0 Å². The van der Waals surface area contributed by atoms with E-state index in [-0.39, 0.29) is 58.2 Å². The monoisotopic (exact) mass is 1030 g/mol. The largest absolute Gasteiger partial charge is 0.426 e. The fourth-order valence-corrected chi connectivity index (χ4v) is 12.3. The third kappa shape index (κ3) is 7.36. The number of amides is 4. The molecule has 6 aromatic rings. The Bertz CT molecular complexity index is 3890. The molecule has 0 saturated carbocycles. The van der Waals surface area contributed by atoms with Crippen molar-refractivity contribution in [1.29, 1.82) is 0 Å². The molecule has 75 heavy (non-hydrogen) atoms. The molecule has 372 valence electrons. The second-order valence-corrected chi connectivity index (χ2v) is 21.0. The van der Waals surface area contributed by atoms with Crippen molar-refractivity contribution in [3.8, 4) is 0 Å². The molecule has 8 heterocycles. The molecule has 2 atom stereocenters. The first-order chi connectivity index (χ1) is 36.4. The molecule has 0 saturated heterocycles. The third-order valence-corrected chi connectivity index (χ3v) is 15.9. The maximum Gasteiger partial charge on any atom is 0.426 e. The maximum absolute atomic E-state index is 13.7. The number of benzene rings is 4. The molecule has 0 bridgehead atoms. The molecule has 2 aromatic heterocycles. The number of nitrogens with one attached hydrogen (secondary N) is 4. The number of nitrogens with zero attached hydrogens (tertiary/aromatic N) is 4. The zero-order valence-electron chi connectivity index (χ0n) is 41.3. The smallest absolute Gasteiger partial charge is 0.326 e. The standard InChI is InChI=1S/C59H48N8O6S2/c1-5-51(70)60-39-19-11-7-15-35(39)55-43-23-24-44-56(36-16-8-12-20-40(36)61-52(71)6-2)46-26-28-48-58(38-18-10-14-22-42(38)63-54(73)32-75-34(4)69)50-30-29-49-57(37-17-9-13-21-41(37)62-53(72)31-74-33(3)68)47-27-25-45(55)65(47)59(64(43)44,66(46)48)67(49)50/h7-30,47H,5-6,31-32H2,1-4H3,(H3,60,61,62,63,70,71,72,73)/p+1/t47?,59-/m1/s1. The van der Waals surface area contributed by atoms with Gasteiger partial charge in [-0.1, -0.05) is 116 Å². The van der Waals surface area contributed by atoms with Gasteiger partial charge in [-0.05, 0) is 54.6 Å². The predicted octanol–water partition coefficient (Wildman–Crippen LogP) is 7.77. The van der Waals surface area contributed by atoms with Crippen LogP contribution in [-0.2, 0) is 34.7 Å². The van der Waals surface area contributed by atoms with Crippen LogP contribution >= 0.6 is 23.5 Å². The SMILES string of the molecule is CCC(=O)Nc1ccccc1C1=C2C=CC3C(c4ccccc4NC(=O)CSC(C)=O)=c4ccc5n4[C@@]4(N23)n2c1ccc2C(c1ccccc1NC(=O)CC)=C1C=CC(=[N+]14)C=5c1ccccc1NC(=O)CSC(C)=O. The van der Waals surface area contributed by atoms with E-state index in [0.29, 0.717) is 22.7 Å². The highest BCUT2D eigenvalue weighted by molar-refractivity contribution is 8.14. The Morgan fingerprint density at radius 1 is 0.520 bits per heavy atom. The highest BCUT2D eigenvalue weighted by Crippen LogP contribution is 2.57. The van der Waals surface area contributed by atoms with E-state index in [4.69, 9.17) is 0 Å². The Balaban J connectivity index is 1.23.